The monoisotopic (exact) mass is 302 g/mol. The van der Waals surface area contributed by atoms with E-state index < -0.39 is 11.7 Å². The number of carbonyl (C=O) groups is 1. The molecule has 1 N–H and O–H groups in total. The number of anilines is 1. The largest absolute Gasteiger partial charge is 0.462 e. The first-order valence-electron chi connectivity index (χ1n) is 6.24. The molecule has 1 aromatic carbocycles. The molecule has 1 saturated heterocycles. The lowest BCUT2D eigenvalue weighted by molar-refractivity contribution is -0.113. The van der Waals surface area contributed by atoms with Gasteiger partial charge in [-0.2, -0.15) is 0 Å². The van der Waals surface area contributed by atoms with Gasteiger partial charge in [0, 0.05) is 6.08 Å². The summed E-state index contributed by atoms with van der Waals surface area (Å²) in [6, 6.07) is 9.51. The summed E-state index contributed by atoms with van der Waals surface area (Å²) in [7, 11) is 0. The number of benzene rings is 1. The molecule has 1 aliphatic rings. The highest BCUT2D eigenvalue weighted by molar-refractivity contribution is 7.80. The summed E-state index contributed by atoms with van der Waals surface area (Å²) in [6.45, 7) is 1.81. The smallest absolute Gasteiger partial charge is 0.281 e. The van der Waals surface area contributed by atoms with Gasteiger partial charge >= 0.3 is 0 Å². The highest BCUT2D eigenvalue weighted by Gasteiger charge is 2.33. The minimum Gasteiger partial charge on any atom is -0.462 e. The lowest BCUT2D eigenvalue weighted by atomic mass is 10.2. The fourth-order valence-corrected chi connectivity index (χ4v) is 2.35. The molecule has 2 aromatic rings. The molecule has 4 nitrogen and oxygen atoms in total. The van der Waals surface area contributed by atoms with E-state index in [2.05, 4.69) is 5.32 Å². The van der Waals surface area contributed by atoms with Gasteiger partial charge in [0.2, 0.25) is 0 Å². The molecule has 106 valence electrons. The quantitative estimate of drug-likeness (QED) is 0.684. The Balaban J connectivity index is 1.96. The Hall–Kier alpha value is -2.47. The lowest BCUT2D eigenvalue weighted by Crippen LogP contribution is -2.31. The maximum absolute atomic E-state index is 13.8. The van der Waals surface area contributed by atoms with Crippen molar-refractivity contribution in [3.8, 4) is 0 Å². The van der Waals surface area contributed by atoms with Crippen molar-refractivity contribution in [3.05, 3.63) is 59.4 Å². The molecule has 1 aromatic heterocycles. The van der Waals surface area contributed by atoms with E-state index in [1.165, 1.54) is 12.1 Å². The minimum absolute atomic E-state index is 0.124. The van der Waals surface area contributed by atoms with Crippen LogP contribution in [0.1, 0.15) is 11.5 Å². The zero-order chi connectivity index (χ0) is 15.0. The summed E-state index contributed by atoms with van der Waals surface area (Å²) in [5.74, 6) is 0.339. The first-order chi connectivity index (χ1) is 10.1. The maximum atomic E-state index is 13.8. The second-order valence-electron chi connectivity index (χ2n) is 4.53. The average Bonchev–Trinajstić information content (AvgIpc) is 2.96. The Bertz CT molecular complexity index is 767. The highest BCUT2D eigenvalue weighted by atomic mass is 32.1. The number of hydrogen-bond acceptors (Lipinski definition) is 3. The van der Waals surface area contributed by atoms with Crippen molar-refractivity contribution in [2.24, 2.45) is 0 Å². The van der Waals surface area contributed by atoms with Gasteiger partial charge in [0.1, 0.15) is 23.0 Å². The van der Waals surface area contributed by atoms with Crippen LogP contribution in [-0.2, 0) is 4.79 Å². The second-order valence-corrected chi connectivity index (χ2v) is 4.92. The van der Waals surface area contributed by atoms with Crippen LogP contribution in [0.3, 0.4) is 0 Å². The molecular formula is C15H11FN2O2S. The minimum atomic E-state index is -0.509. The van der Waals surface area contributed by atoms with Gasteiger partial charge in [0.15, 0.2) is 5.11 Å². The Kier molecular flexibility index (Phi) is 3.31. The molecule has 0 unspecified atom stereocenters. The number of furan rings is 1. The molecule has 1 aliphatic heterocycles. The number of amides is 1. The van der Waals surface area contributed by atoms with E-state index in [9.17, 15) is 9.18 Å². The number of thiocarbonyl (C=S) groups is 1. The van der Waals surface area contributed by atoms with Crippen molar-refractivity contribution in [2.75, 3.05) is 4.90 Å². The van der Waals surface area contributed by atoms with Gasteiger partial charge in [-0.05, 0) is 43.4 Å². The fourth-order valence-electron chi connectivity index (χ4n) is 2.06. The van der Waals surface area contributed by atoms with Crippen LogP contribution in [0.4, 0.5) is 10.1 Å². The third-order valence-electron chi connectivity index (χ3n) is 3.02. The van der Waals surface area contributed by atoms with Crippen molar-refractivity contribution in [2.45, 2.75) is 6.92 Å². The molecule has 0 saturated carbocycles. The van der Waals surface area contributed by atoms with E-state index in [4.69, 9.17) is 16.6 Å². The Morgan fingerprint density at radius 1 is 1.29 bits per heavy atom. The standard InChI is InChI=1S/C15H11FN2O2S/c1-9-6-7-10(20-9)8-12-14(19)18(15(21)17-12)13-5-3-2-4-11(13)16/h2-8H,1H3,(H,17,21)/b12-8-. The summed E-state index contributed by atoms with van der Waals surface area (Å²) >= 11 is 5.11. The summed E-state index contributed by atoms with van der Waals surface area (Å²) in [5, 5.41) is 2.92. The van der Waals surface area contributed by atoms with E-state index in [1.54, 1.807) is 30.3 Å². The van der Waals surface area contributed by atoms with Crippen LogP contribution in [0.15, 0.2) is 46.5 Å². The number of rotatable bonds is 2. The van der Waals surface area contributed by atoms with Crippen molar-refractivity contribution in [1.29, 1.82) is 0 Å². The van der Waals surface area contributed by atoms with Crippen LogP contribution in [0.25, 0.3) is 6.08 Å². The Labute approximate surface area is 125 Å². The number of hydrogen-bond donors (Lipinski definition) is 1. The van der Waals surface area contributed by atoms with Gasteiger partial charge in [0.05, 0.1) is 5.69 Å². The van der Waals surface area contributed by atoms with Gasteiger partial charge in [0.25, 0.3) is 5.91 Å². The molecule has 0 aliphatic carbocycles. The molecular weight excluding hydrogens is 291 g/mol. The third-order valence-corrected chi connectivity index (χ3v) is 3.30. The number of nitrogens with one attached hydrogen (secondary N) is 1. The number of nitrogens with zero attached hydrogens (tertiary/aromatic N) is 1. The van der Waals surface area contributed by atoms with Crippen molar-refractivity contribution in [1.82, 2.24) is 5.32 Å². The molecule has 0 bridgehead atoms. The topological polar surface area (TPSA) is 45.5 Å². The fraction of sp³-hybridized carbons (Fsp3) is 0.0667. The molecule has 2 heterocycles. The van der Waals surface area contributed by atoms with Gasteiger partial charge in [-0.3, -0.25) is 4.79 Å². The van der Waals surface area contributed by atoms with Crippen LogP contribution in [0, 0.1) is 12.7 Å². The first-order valence-corrected chi connectivity index (χ1v) is 6.65. The average molecular weight is 302 g/mol. The summed E-state index contributed by atoms with van der Waals surface area (Å²) in [5.41, 5.74) is 0.372. The van der Waals surface area contributed by atoms with Crippen LogP contribution >= 0.6 is 12.2 Å². The number of para-hydroxylation sites is 1. The number of carbonyl (C=O) groups excluding carboxylic acids is 1. The molecule has 1 fully saturated rings. The SMILES string of the molecule is Cc1ccc(/C=C2\NC(=S)N(c3ccccc3F)C2=O)o1. The van der Waals surface area contributed by atoms with Crippen LogP contribution in [0.5, 0.6) is 0 Å². The van der Waals surface area contributed by atoms with Gasteiger partial charge in [-0.1, -0.05) is 12.1 Å². The van der Waals surface area contributed by atoms with Crippen molar-refractivity contribution < 1.29 is 13.6 Å². The summed E-state index contributed by atoms with van der Waals surface area (Å²) < 4.78 is 19.2. The summed E-state index contributed by atoms with van der Waals surface area (Å²) in [6.07, 6.45) is 1.54. The Morgan fingerprint density at radius 3 is 2.71 bits per heavy atom. The van der Waals surface area contributed by atoms with Crippen LogP contribution in [0.2, 0.25) is 0 Å². The van der Waals surface area contributed by atoms with Crippen molar-refractivity contribution >= 4 is 35.0 Å². The summed E-state index contributed by atoms with van der Waals surface area (Å²) in [4.78, 5) is 13.5. The number of halogens is 1. The van der Waals surface area contributed by atoms with Gasteiger partial charge in [-0.25, -0.2) is 9.29 Å². The number of aryl methyl sites for hydroxylation is 1. The van der Waals surface area contributed by atoms with Crippen molar-refractivity contribution in [3.63, 3.8) is 0 Å². The maximum Gasteiger partial charge on any atom is 0.281 e. The van der Waals surface area contributed by atoms with E-state index in [0.29, 0.717) is 5.76 Å². The molecule has 6 heteroatoms. The molecule has 1 amide bonds. The lowest BCUT2D eigenvalue weighted by Gasteiger charge is -2.14. The zero-order valence-corrected chi connectivity index (χ0v) is 11.9. The van der Waals surface area contributed by atoms with E-state index >= 15 is 0 Å². The van der Waals surface area contributed by atoms with E-state index in [-0.39, 0.29) is 16.5 Å². The van der Waals surface area contributed by atoms with Gasteiger partial charge in [-0.15, -0.1) is 0 Å². The zero-order valence-electron chi connectivity index (χ0n) is 11.1. The molecule has 3 rings (SSSR count). The molecule has 0 spiro atoms. The van der Waals surface area contributed by atoms with E-state index in [0.717, 1.165) is 10.7 Å². The van der Waals surface area contributed by atoms with Gasteiger partial charge < -0.3 is 9.73 Å². The normalized spacial score (nSPS) is 16.7. The second kappa shape index (κ2) is 5.14. The predicted molar refractivity (Wildman–Crippen MR) is 81.0 cm³/mol. The van der Waals surface area contributed by atoms with Crippen LogP contribution < -0.4 is 10.2 Å². The molecule has 0 radical (unpaired) electrons. The van der Waals surface area contributed by atoms with Crippen LogP contribution in [-0.4, -0.2) is 11.0 Å². The third kappa shape index (κ3) is 2.45. The van der Waals surface area contributed by atoms with E-state index in [1.807, 2.05) is 6.92 Å². The first kappa shape index (κ1) is 13.5. The Morgan fingerprint density at radius 2 is 2.05 bits per heavy atom. The molecule has 21 heavy (non-hydrogen) atoms. The predicted octanol–water partition coefficient (Wildman–Crippen LogP) is 2.99. The highest BCUT2D eigenvalue weighted by Crippen LogP contribution is 2.25. The molecule has 0 atom stereocenters.